The van der Waals surface area contributed by atoms with E-state index in [1.54, 1.807) is 25.1 Å². The van der Waals surface area contributed by atoms with E-state index in [-0.39, 0.29) is 23.4 Å². The van der Waals surface area contributed by atoms with E-state index in [4.69, 9.17) is 5.73 Å². The fraction of sp³-hybridized carbons (Fsp3) is 0.214. The Labute approximate surface area is 120 Å². The van der Waals surface area contributed by atoms with Gasteiger partial charge in [0.15, 0.2) is 0 Å². The molecule has 1 aromatic heterocycles. The van der Waals surface area contributed by atoms with Crippen LogP contribution in [0.4, 0.5) is 4.39 Å². The minimum absolute atomic E-state index is 0.107. The molecule has 2 aromatic rings. The number of nitrogens with one attached hydrogen (secondary N) is 2. The molecule has 0 saturated carbocycles. The molecule has 1 aromatic carbocycles. The summed E-state index contributed by atoms with van der Waals surface area (Å²) < 4.78 is 13.8. The molecular formula is C14H15FN4O2. The van der Waals surface area contributed by atoms with Gasteiger partial charge in [0.2, 0.25) is 5.91 Å². The smallest absolute Gasteiger partial charge is 0.255 e. The van der Waals surface area contributed by atoms with Crippen LogP contribution in [-0.4, -0.2) is 28.6 Å². The van der Waals surface area contributed by atoms with E-state index in [0.29, 0.717) is 0 Å². The molecule has 110 valence electrons. The Morgan fingerprint density at radius 1 is 1.43 bits per heavy atom. The van der Waals surface area contributed by atoms with Crippen molar-refractivity contribution < 1.29 is 14.0 Å². The van der Waals surface area contributed by atoms with Gasteiger partial charge in [-0.2, -0.15) is 5.10 Å². The summed E-state index contributed by atoms with van der Waals surface area (Å²) in [5, 5.41) is 8.96. The third kappa shape index (κ3) is 3.25. The second-order valence-corrected chi connectivity index (χ2v) is 4.65. The molecule has 2 amide bonds. The number of hydrogen-bond donors (Lipinski definition) is 3. The van der Waals surface area contributed by atoms with E-state index < -0.39 is 23.5 Å². The Hall–Kier alpha value is -2.70. The third-order valence-electron chi connectivity index (χ3n) is 3.08. The summed E-state index contributed by atoms with van der Waals surface area (Å²) in [6.07, 6.45) is 1.31. The van der Waals surface area contributed by atoms with Crippen molar-refractivity contribution in [3.8, 4) is 11.3 Å². The van der Waals surface area contributed by atoms with Crippen molar-refractivity contribution in [3.63, 3.8) is 0 Å². The lowest BCUT2D eigenvalue weighted by atomic mass is 10.1. The highest BCUT2D eigenvalue weighted by molar-refractivity contribution is 5.99. The lowest BCUT2D eigenvalue weighted by molar-refractivity contribution is -0.121. The van der Waals surface area contributed by atoms with E-state index in [1.807, 2.05) is 0 Å². The summed E-state index contributed by atoms with van der Waals surface area (Å²) in [4.78, 5) is 23.0. The van der Waals surface area contributed by atoms with Gasteiger partial charge in [0.25, 0.3) is 5.91 Å². The van der Waals surface area contributed by atoms with Crippen LogP contribution in [0.1, 0.15) is 17.3 Å². The lowest BCUT2D eigenvalue weighted by Gasteiger charge is -2.09. The fourth-order valence-corrected chi connectivity index (χ4v) is 1.77. The van der Waals surface area contributed by atoms with Crippen LogP contribution < -0.4 is 11.1 Å². The summed E-state index contributed by atoms with van der Waals surface area (Å²) in [7, 11) is 0. The molecule has 0 radical (unpaired) electrons. The Morgan fingerprint density at radius 2 is 2.14 bits per heavy atom. The lowest BCUT2D eigenvalue weighted by Crippen LogP contribution is -2.34. The Bertz CT molecular complexity index is 668. The number of nitrogens with two attached hydrogens (primary N) is 1. The third-order valence-corrected chi connectivity index (χ3v) is 3.08. The fourth-order valence-electron chi connectivity index (χ4n) is 1.77. The normalized spacial score (nSPS) is 11.9. The highest BCUT2D eigenvalue weighted by Gasteiger charge is 2.18. The molecule has 0 aliphatic carbocycles. The molecule has 0 fully saturated rings. The second kappa shape index (κ2) is 6.17. The predicted molar refractivity (Wildman–Crippen MR) is 74.7 cm³/mol. The van der Waals surface area contributed by atoms with Gasteiger partial charge < -0.3 is 11.1 Å². The molecule has 0 bridgehead atoms. The summed E-state index contributed by atoms with van der Waals surface area (Å²) in [5.41, 5.74) is 5.87. The molecule has 2 rings (SSSR count). The number of aromatic nitrogens is 2. The van der Waals surface area contributed by atoms with E-state index in [0.717, 1.165) is 0 Å². The van der Waals surface area contributed by atoms with Crippen molar-refractivity contribution in [1.29, 1.82) is 0 Å². The maximum Gasteiger partial charge on any atom is 0.255 e. The van der Waals surface area contributed by atoms with Crippen LogP contribution in [0, 0.1) is 11.7 Å². The monoisotopic (exact) mass is 290 g/mol. The van der Waals surface area contributed by atoms with Crippen molar-refractivity contribution in [2.24, 2.45) is 11.7 Å². The maximum atomic E-state index is 13.8. The van der Waals surface area contributed by atoms with Crippen LogP contribution in [0.3, 0.4) is 0 Å². The number of H-pyrrole nitrogens is 1. The molecule has 1 heterocycles. The molecule has 4 N–H and O–H groups in total. The van der Waals surface area contributed by atoms with Gasteiger partial charge in [-0.1, -0.05) is 19.1 Å². The van der Waals surface area contributed by atoms with Gasteiger partial charge in [-0.3, -0.25) is 14.7 Å². The quantitative estimate of drug-likeness (QED) is 0.767. The minimum Gasteiger partial charge on any atom is -0.369 e. The van der Waals surface area contributed by atoms with Crippen LogP contribution in [0.5, 0.6) is 0 Å². The van der Waals surface area contributed by atoms with Gasteiger partial charge in [0, 0.05) is 12.1 Å². The molecule has 21 heavy (non-hydrogen) atoms. The average Bonchev–Trinajstić information content (AvgIpc) is 2.94. The highest BCUT2D eigenvalue weighted by Crippen LogP contribution is 2.23. The van der Waals surface area contributed by atoms with E-state index in [2.05, 4.69) is 15.5 Å². The molecule has 0 aliphatic rings. The first-order chi connectivity index (χ1) is 10.0. The number of nitrogens with zero attached hydrogens (tertiary/aromatic N) is 1. The molecule has 6 nitrogen and oxygen atoms in total. The number of carbonyl (C=O) groups is 2. The number of rotatable bonds is 5. The van der Waals surface area contributed by atoms with Gasteiger partial charge in [0.05, 0.1) is 23.4 Å². The molecule has 0 saturated heterocycles. The van der Waals surface area contributed by atoms with Crippen molar-refractivity contribution in [1.82, 2.24) is 15.5 Å². The van der Waals surface area contributed by atoms with Crippen LogP contribution in [0.25, 0.3) is 11.3 Å². The van der Waals surface area contributed by atoms with Gasteiger partial charge >= 0.3 is 0 Å². The van der Waals surface area contributed by atoms with Crippen molar-refractivity contribution in [3.05, 3.63) is 41.8 Å². The first-order valence-corrected chi connectivity index (χ1v) is 6.36. The van der Waals surface area contributed by atoms with Crippen LogP contribution in [0.2, 0.25) is 0 Å². The van der Waals surface area contributed by atoms with Gasteiger partial charge in [-0.05, 0) is 12.1 Å². The van der Waals surface area contributed by atoms with E-state index in [1.165, 1.54) is 12.3 Å². The largest absolute Gasteiger partial charge is 0.369 e. The topological polar surface area (TPSA) is 101 Å². The highest BCUT2D eigenvalue weighted by atomic mass is 19.1. The van der Waals surface area contributed by atoms with E-state index in [9.17, 15) is 14.0 Å². The Morgan fingerprint density at radius 3 is 2.81 bits per heavy atom. The van der Waals surface area contributed by atoms with Gasteiger partial charge in [0.1, 0.15) is 5.82 Å². The van der Waals surface area contributed by atoms with Gasteiger partial charge in [-0.25, -0.2) is 4.39 Å². The predicted octanol–water partition coefficient (Wildman–Crippen LogP) is 1.07. The number of halogens is 1. The SMILES string of the molecule is CC(CNC(=O)c1cn[nH]c1-c1ccccc1F)C(N)=O. The second-order valence-electron chi connectivity index (χ2n) is 4.65. The van der Waals surface area contributed by atoms with Crippen LogP contribution in [-0.2, 0) is 4.79 Å². The van der Waals surface area contributed by atoms with Gasteiger partial charge in [-0.15, -0.1) is 0 Å². The van der Waals surface area contributed by atoms with E-state index >= 15 is 0 Å². The summed E-state index contributed by atoms with van der Waals surface area (Å²) >= 11 is 0. The van der Waals surface area contributed by atoms with Crippen molar-refractivity contribution in [2.75, 3.05) is 6.54 Å². The zero-order chi connectivity index (χ0) is 15.4. The summed E-state index contributed by atoms with van der Waals surface area (Å²) in [6, 6.07) is 6.07. The summed E-state index contributed by atoms with van der Waals surface area (Å²) in [6.45, 7) is 1.71. The first-order valence-electron chi connectivity index (χ1n) is 6.36. The Balaban J connectivity index is 2.19. The van der Waals surface area contributed by atoms with Crippen LogP contribution >= 0.6 is 0 Å². The molecule has 0 spiro atoms. The maximum absolute atomic E-state index is 13.8. The van der Waals surface area contributed by atoms with Crippen molar-refractivity contribution in [2.45, 2.75) is 6.92 Å². The zero-order valence-electron chi connectivity index (χ0n) is 11.4. The number of amides is 2. The average molecular weight is 290 g/mol. The number of carbonyl (C=O) groups excluding carboxylic acids is 2. The number of aromatic amines is 1. The standard InChI is InChI=1S/C14H15FN4O2/c1-8(13(16)20)6-17-14(21)10-7-18-19-12(10)9-4-2-3-5-11(9)15/h2-5,7-8H,6H2,1H3,(H2,16,20)(H,17,21)(H,18,19). The van der Waals surface area contributed by atoms with Crippen LogP contribution in [0.15, 0.2) is 30.5 Å². The van der Waals surface area contributed by atoms with Crippen molar-refractivity contribution >= 4 is 11.8 Å². The molecule has 1 unspecified atom stereocenters. The number of primary amides is 1. The Kier molecular flexibility index (Phi) is 4.32. The number of benzene rings is 1. The summed E-state index contributed by atoms with van der Waals surface area (Å²) in [5.74, 6) is -1.90. The number of hydrogen-bond acceptors (Lipinski definition) is 3. The minimum atomic E-state index is -0.503. The molecule has 1 atom stereocenters. The first kappa shape index (κ1) is 14.7. The molecule has 0 aliphatic heterocycles. The zero-order valence-corrected chi connectivity index (χ0v) is 11.4. The molecular weight excluding hydrogens is 275 g/mol. The molecule has 7 heteroatoms.